The Morgan fingerprint density at radius 3 is 2.36 bits per heavy atom. The first-order valence-corrected chi connectivity index (χ1v) is 10.8. The van der Waals surface area contributed by atoms with Gasteiger partial charge in [0.2, 0.25) is 0 Å². The summed E-state index contributed by atoms with van der Waals surface area (Å²) in [6.07, 6.45) is 0.238. The number of alkyl halides is 1. The number of carbonyl (C=O) groups is 1. The summed E-state index contributed by atoms with van der Waals surface area (Å²) in [7, 11) is 0. The second-order valence-corrected chi connectivity index (χ2v) is 8.65. The minimum absolute atomic E-state index is 0.0775. The molecule has 28 heavy (non-hydrogen) atoms. The van der Waals surface area contributed by atoms with Crippen LogP contribution in [-0.2, 0) is 22.6 Å². The third kappa shape index (κ3) is 5.68. The predicted octanol–water partition coefficient (Wildman–Crippen LogP) is 4.51. The Hall–Kier alpha value is -1.64. The summed E-state index contributed by atoms with van der Waals surface area (Å²) in [6, 6.07) is 19.2. The van der Waals surface area contributed by atoms with Crippen molar-refractivity contribution in [3.8, 4) is 0 Å². The maximum absolute atomic E-state index is 12.9. The van der Waals surface area contributed by atoms with Crippen LogP contribution >= 0.6 is 22.6 Å². The van der Waals surface area contributed by atoms with E-state index in [-0.39, 0.29) is 28.8 Å². The van der Waals surface area contributed by atoms with Gasteiger partial charge in [0, 0.05) is 6.54 Å². The molecule has 0 aliphatic carbocycles. The first kappa shape index (κ1) is 21.1. The normalized spacial score (nSPS) is 23.0. The van der Waals surface area contributed by atoms with Crippen LogP contribution in [0.1, 0.15) is 30.9 Å². The number of hydrogen-bond donors (Lipinski definition) is 1. The maximum Gasteiger partial charge on any atom is 0.410 e. The monoisotopic (exact) mass is 495 g/mol. The molecule has 0 spiro atoms. The molecule has 1 saturated heterocycles. The average Bonchev–Trinajstić information content (AvgIpc) is 2.73. The van der Waals surface area contributed by atoms with E-state index in [1.165, 1.54) is 0 Å². The lowest BCUT2D eigenvalue weighted by Crippen LogP contribution is -2.50. The topological polar surface area (TPSA) is 59.0 Å². The molecule has 6 heteroatoms. The van der Waals surface area contributed by atoms with E-state index in [9.17, 15) is 9.90 Å². The van der Waals surface area contributed by atoms with Gasteiger partial charge >= 0.3 is 6.09 Å². The van der Waals surface area contributed by atoms with E-state index in [1.54, 1.807) is 4.90 Å². The fourth-order valence-corrected chi connectivity index (χ4v) is 3.84. The van der Waals surface area contributed by atoms with Crippen molar-refractivity contribution < 1.29 is 19.4 Å². The highest BCUT2D eigenvalue weighted by Gasteiger charge is 2.35. The molecule has 2 aromatic carbocycles. The molecule has 1 aliphatic rings. The van der Waals surface area contributed by atoms with Gasteiger partial charge in [0.25, 0.3) is 0 Å². The van der Waals surface area contributed by atoms with E-state index in [0.717, 1.165) is 24.0 Å². The smallest absolute Gasteiger partial charge is 0.410 e. The molecule has 150 valence electrons. The Kier molecular flexibility index (Phi) is 7.70. The molecule has 1 fully saturated rings. The Bertz CT molecular complexity index is 743. The summed E-state index contributed by atoms with van der Waals surface area (Å²) in [5.41, 5.74) is 1.97. The first-order valence-electron chi connectivity index (χ1n) is 9.53. The molecule has 0 aromatic heterocycles. The van der Waals surface area contributed by atoms with Crippen LogP contribution in [0.3, 0.4) is 0 Å². The van der Waals surface area contributed by atoms with Gasteiger partial charge in [-0.15, -0.1) is 0 Å². The van der Waals surface area contributed by atoms with Crippen molar-refractivity contribution >= 4 is 28.7 Å². The number of nitrogens with zero attached hydrogens (tertiary/aromatic N) is 1. The molecule has 2 aromatic rings. The molecule has 3 rings (SSSR count). The molecule has 2 unspecified atom stereocenters. The molecule has 0 saturated carbocycles. The number of hydrogen-bond acceptors (Lipinski definition) is 4. The molecule has 1 N–H and O–H groups in total. The number of carbonyl (C=O) groups excluding carboxylic acids is 1. The maximum atomic E-state index is 12.9. The van der Waals surface area contributed by atoms with Crippen LogP contribution in [0.25, 0.3) is 0 Å². The van der Waals surface area contributed by atoms with Gasteiger partial charge in [0.15, 0.2) is 6.29 Å². The van der Waals surface area contributed by atoms with Crippen molar-refractivity contribution in [3.05, 3.63) is 71.8 Å². The molecule has 0 bridgehead atoms. The Morgan fingerprint density at radius 1 is 1.14 bits per heavy atom. The van der Waals surface area contributed by atoms with Gasteiger partial charge in [-0.05, 0) is 30.9 Å². The minimum Gasteiger partial charge on any atom is -0.445 e. The number of amides is 1. The van der Waals surface area contributed by atoms with Crippen LogP contribution in [0, 0.1) is 0 Å². The fraction of sp³-hybridized carbons (Fsp3) is 0.409. The molecule has 0 radical (unpaired) electrons. The highest BCUT2D eigenvalue weighted by molar-refractivity contribution is 14.1. The molecular formula is C22H26INO4. The Labute approximate surface area is 179 Å². The van der Waals surface area contributed by atoms with Crippen LogP contribution in [-0.4, -0.2) is 38.5 Å². The summed E-state index contributed by atoms with van der Waals surface area (Å²) < 4.78 is 11.5. The van der Waals surface area contributed by atoms with Crippen molar-refractivity contribution in [3.63, 3.8) is 0 Å². The van der Waals surface area contributed by atoms with Gasteiger partial charge in [-0.1, -0.05) is 83.3 Å². The largest absolute Gasteiger partial charge is 0.445 e. The number of aliphatic hydroxyl groups is 1. The lowest BCUT2D eigenvalue weighted by Gasteiger charge is -2.38. The highest BCUT2D eigenvalue weighted by atomic mass is 127. The summed E-state index contributed by atoms with van der Waals surface area (Å²) >= 11 is 2.21. The van der Waals surface area contributed by atoms with Gasteiger partial charge in [0.1, 0.15) is 6.61 Å². The van der Waals surface area contributed by atoms with E-state index in [1.807, 2.05) is 67.6 Å². The SMILES string of the molecule is C[C@H]([C@@H]1CCC(I)C(O)O1)N(Cc1ccccc1)C(=O)OCc1ccccc1. The van der Waals surface area contributed by atoms with Crippen LogP contribution in [0.15, 0.2) is 60.7 Å². The third-order valence-electron chi connectivity index (χ3n) is 5.02. The number of halogens is 1. The Balaban J connectivity index is 1.71. The zero-order valence-corrected chi connectivity index (χ0v) is 18.1. The fourth-order valence-electron chi connectivity index (χ4n) is 3.31. The van der Waals surface area contributed by atoms with Crippen LogP contribution in [0.5, 0.6) is 0 Å². The molecular weight excluding hydrogens is 469 g/mol. The van der Waals surface area contributed by atoms with E-state index >= 15 is 0 Å². The second-order valence-electron chi connectivity index (χ2n) is 7.05. The third-order valence-corrected chi connectivity index (χ3v) is 6.25. The highest BCUT2D eigenvalue weighted by Crippen LogP contribution is 2.28. The second kappa shape index (κ2) is 10.2. The Morgan fingerprint density at radius 2 is 1.75 bits per heavy atom. The number of aliphatic hydroxyl groups excluding tert-OH is 1. The predicted molar refractivity (Wildman–Crippen MR) is 116 cm³/mol. The summed E-state index contributed by atoms with van der Waals surface area (Å²) in [4.78, 5) is 14.6. The zero-order valence-electron chi connectivity index (χ0n) is 15.9. The van der Waals surface area contributed by atoms with Crippen molar-refractivity contribution in [1.82, 2.24) is 4.90 Å². The van der Waals surface area contributed by atoms with Crippen LogP contribution in [0.4, 0.5) is 4.79 Å². The number of rotatable bonds is 6. The van der Waals surface area contributed by atoms with E-state index < -0.39 is 6.29 Å². The average molecular weight is 495 g/mol. The van der Waals surface area contributed by atoms with Gasteiger partial charge in [-0.25, -0.2) is 4.79 Å². The van der Waals surface area contributed by atoms with Gasteiger partial charge in [-0.3, -0.25) is 4.90 Å². The van der Waals surface area contributed by atoms with E-state index in [4.69, 9.17) is 9.47 Å². The van der Waals surface area contributed by atoms with Crippen molar-refractivity contribution in [2.45, 2.75) is 55.3 Å². The molecule has 1 heterocycles. The molecule has 1 amide bonds. The quantitative estimate of drug-likeness (QED) is 0.473. The summed E-state index contributed by atoms with van der Waals surface area (Å²) in [5, 5.41) is 10.1. The van der Waals surface area contributed by atoms with Gasteiger partial charge in [-0.2, -0.15) is 0 Å². The molecule has 1 aliphatic heterocycles. The van der Waals surface area contributed by atoms with Crippen LogP contribution < -0.4 is 0 Å². The van der Waals surface area contributed by atoms with E-state index in [0.29, 0.717) is 6.54 Å². The lowest BCUT2D eigenvalue weighted by atomic mass is 10.0. The minimum atomic E-state index is -0.805. The standard InChI is InChI=1S/C22H26INO4/c1-16(20-13-12-19(23)21(25)28-20)24(14-17-8-4-2-5-9-17)22(26)27-15-18-10-6-3-7-11-18/h2-11,16,19-21,25H,12-15H2,1H3/t16-,19?,20+,21?/m1/s1. The first-order chi connectivity index (χ1) is 13.5. The van der Waals surface area contributed by atoms with Crippen molar-refractivity contribution in [2.24, 2.45) is 0 Å². The summed E-state index contributed by atoms with van der Waals surface area (Å²) in [6.45, 7) is 2.61. The number of ether oxygens (including phenoxy) is 2. The zero-order chi connectivity index (χ0) is 19.9. The summed E-state index contributed by atoms with van der Waals surface area (Å²) in [5.74, 6) is 0. The van der Waals surface area contributed by atoms with Gasteiger partial charge in [0.05, 0.1) is 16.1 Å². The molecule has 4 atom stereocenters. The molecule has 5 nitrogen and oxygen atoms in total. The lowest BCUT2D eigenvalue weighted by molar-refractivity contribution is -0.171. The number of benzene rings is 2. The van der Waals surface area contributed by atoms with Crippen molar-refractivity contribution in [2.75, 3.05) is 0 Å². The van der Waals surface area contributed by atoms with Gasteiger partial charge < -0.3 is 14.6 Å². The van der Waals surface area contributed by atoms with Crippen molar-refractivity contribution in [1.29, 1.82) is 0 Å². The van der Waals surface area contributed by atoms with Crippen LogP contribution in [0.2, 0.25) is 0 Å². The van der Waals surface area contributed by atoms with E-state index in [2.05, 4.69) is 22.6 Å².